The van der Waals surface area contributed by atoms with Crippen molar-refractivity contribution in [2.24, 2.45) is 0 Å². The highest BCUT2D eigenvalue weighted by molar-refractivity contribution is 6.06. The highest BCUT2D eigenvalue weighted by atomic mass is 19.4. The molecule has 190 valence electrons. The van der Waals surface area contributed by atoms with Crippen LogP contribution in [0.1, 0.15) is 37.4 Å². The Balaban J connectivity index is 1.89. The minimum absolute atomic E-state index is 0.0152. The summed E-state index contributed by atoms with van der Waals surface area (Å²) >= 11 is 0. The van der Waals surface area contributed by atoms with E-state index in [4.69, 9.17) is 0 Å². The van der Waals surface area contributed by atoms with Gasteiger partial charge in [-0.2, -0.15) is 26.3 Å². The van der Waals surface area contributed by atoms with Gasteiger partial charge in [-0.1, -0.05) is 30.3 Å². The fourth-order valence-corrected chi connectivity index (χ4v) is 3.35. The fourth-order valence-electron chi connectivity index (χ4n) is 3.35. The van der Waals surface area contributed by atoms with E-state index in [0.29, 0.717) is 17.8 Å². The molecule has 11 heteroatoms. The smallest absolute Gasteiger partial charge is 0.377 e. The molecule has 0 radical (unpaired) electrons. The van der Waals surface area contributed by atoms with Crippen LogP contribution in [0.15, 0.2) is 66.7 Å². The fraction of sp³-hybridized carbons (Fsp3) is 0.200. The molecule has 5 nitrogen and oxygen atoms in total. The zero-order chi connectivity index (χ0) is 26.7. The van der Waals surface area contributed by atoms with Crippen LogP contribution in [0, 0.1) is 0 Å². The van der Waals surface area contributed by atoms with Crippen LogP contribution in [0.25, 0.3) is 0 Å². The minimum atomic E-state index is -5.09. The van der Waals surface area contributed by atoms with E-state index in [1.807, 2.05) is 18.2 Å². The Morgan fingerprint density at radius 2 is 1.36 bits per heavy atom. The van der Waals surface area contributed by atoms with Crippen LogP contribution in [0.3, 0.4) is 0 Å². The number of hydrogen-bond donors (Lipinski definition) is 2. The van der Waals surface area contributed by atoms with E-state index >= 15 is 0 Å². The summed E-state index contributed by atoms with van der Waals surface area (Å²) in [5.41, 5.74) is -2.55. The van der Waals surface area contributed by atoms with E-state index in [9.17, 15) is 35.9 Å². The van der Waals surface area contributed by atoms with Crippen molar-refractivity contribution in [1.29, 1.82) is 0 Å². The normalized spacial score (nSPS) is 11.7. The van der Waals surface area contributed by atoms with Crippen LogP contribution in [-0.4, -0.2) is 25.9 Å². The number of hydrogen-bond acceptors (Lipinski definition) is 3. The SMILES string of the molecule is CN(C)c1ccc(NC(=O)c2cc(C(F)(F)F)cc(C(F)(F)F)c2)cc1C(=O)NCc1ccccc1. The lowest BCUT2D eigenvalue weighted by atomic mass is 10.0. The topological polar surface area (TPSA) is 61.4 Å². The molecule has 3 aromatic carbocycles. The van der Waals surface area contributed by atoms with Crippen LogP contribution in [0.5, 0.6) is 0 Å². The van der Waals surface area contributed by atoms with E-state index < -0.39 is 40.9 Å². The first-order chi connectivity index (χ1) is 16.8. The molecule has 0 atom stereocenters. The number of amides is 2. The second-order valence-corrected chi connectivity index (χ2v) is 8.04. The number of benzene rings is 3. The van der Waals surface area contributed by atoms with Crippen LogP contribution in [0.4, 0.5) is 37.7 Å². The van der Waals surface area contributed by atoms with Gasteiger partial charge in [-0.25, -0.2) is 0 Å². The summed E-state index contributed by atoms with van der Waals surface area (Å²) in [4.78, 5) is 27.1. The maximum absolute atomic E-state index is 13.1. The summed E-state index contributed by atoms with van der Waals surface area (Å²) in [6.45, 7) is 0.216. The predicted molar refractivity (Wildman–Crippen MR) is 123 cm³/mol. The lowest BCUT2D eigenvalue weighted by molar-refractivity contribution is -0.143. The van der Waals surface area contributed by atoms with Gasteiger partial charge in [0.15, 0.2) is 0 Å². The third-order valence-electron chi connectivity index (χ3n) is 5.13. The Kier molecular flexibility index (Phi) is 7.61. The Labute approximate surface area is 202 Å². The molecule has 0 heterocycles. The number of alkyl halides is 6. The summed E-state index contributed by atoms with van der Waals surface area (Å²) in [7, 11) is 3.37. The number of carbonyl (C=O) groups excluding carboxylic acids is 2. The Hall–Kier alpha value is -4.02. The van der Waals surface area contributed by atoms with Gasteiger partial charge in [0.1, 0.15) is 0 Å². The molecule has 3 aromatic rings. The summed E-state index contributed by atoms with van der Waals surface area (Å²) < 4.78 is 78.8. The molecule has 0 aliphatic carbocycles. The van der Waals surface area contributed by atoms with Gasteiger partial charge in [0, 0.05) is 37.6 Å². The Bertz CT molecular complexity index is 1220. The van der Waals surface area contributed by atoms with Crippen molar-refractivity contribution in [2.75, 3.05) is 24.3 Å². The first-order valence-electron chi connectivity index (χ1n) is 10.5. The molecule has 0 fully saturated rings. The van der Waals surface area contributed by atoms with Gasteiger partial charge in [0.05, 0.1) is 16.7 Å². The van der Waals surface area contributed by atoms with Gasteiger partial charge in [-0.3, -0.25) is 9.59 Å². The van der Waals surface area contributed by atoms with Crippen molar-refractivity contribution < 1.29 is 35.9 Å². The molecule has 0 saturated heterocycles. The van der Waals surface area contributed by atoms with Crippen molar-refractivity contribution in [3.05, 3.63) is 94.5 Å². The Morgan fingerprint density at radius 1 is 0.778 bits per heavy atom. The molecule has 2 N–H and O–H groups in total. The minimum Gasteiger partial charge on any atom is -0.377 e. The summed E-state index contributed by atoms with van der Waals surface area (Å²) in [5.74, 6) is -1.68. The van der Waals surface area contributed by atoms with Crippen LogP contribution in [0.2, 0.25) is 0 Å². The predicted octanol–water partition coefficient (Wildman–Crippen LogP) is 5.97. The lowest BCUT2D eigenvalue weighted by Gasteiger charge is -2.19. The van der Waals surface area contributed by atoms with E-state index in [-0.39, 0.29) is 23.9 Å². The summed E-state index contributed by atoms with van der Waals surface area (Å²) in [5, 5.41) is 5.02. The largest absolute Gasteiger partial charge is 0.416 e. The van der Waals surface area contributed by atoms with Crippen molar-refractivity contribution in [3.63, 3.8) is 0 Å². The van der Waals surface area contributed by atoms with Gasteiger partial charge in [-0.05, 0) is 42.0 Å². The van der Waals surface area contributed by atoms with Crippen molar-refractivity contribution in [1.82, 2.24) is 5.32 Å². The highest BCUT2D eigenvalue weighted by Gasteiger charge is 2.37. The molecule has 0 saturated carbocycles. The lowest BCUT2D eigenvalue weighted by Crippen LogP contribution is -2.25. The van der Waals surface area contributed by atoms with Crippen LogP contribution in [-0.2, 0) is 18.9 Å². The second-order valence-electron chi connectivity index (χ2n) is 8.04. The van der Waals surface area contributed by atoms with Crippen LogP contribution >= 0.6 is 0 Å². The van der Waals surface area contributed by atoms with E-state index in [1.54, 1.807) is 31.1 Å². The quantitative estimate of drug-likeness (QED) is 0.403. The molecule has 0 spiro atoms. The number of anilines is 2. The van der Waals surface area contributed by atoms with Crippen molar-refractivity contribution in [3.8, 4) is 0 Å². The number of rotatable bonds is 6. The molecule has 0 aliphatic rings. The average Bonchev–Trinajstić information content (AvgIpc) is 2.81. The molecule has 3 rings (SSSR count). The zero-order valence-corrected chi connectivity index (χ0v) is 19.1. The molecule has 2 amide bonds. The van der Waals surface area contributed by atoms with Crippen molar-refractivity contribution in [2.45, 2.75) is 18.9 Å². The number of nitrogens with one attached hydrogen (secondary N) is 2. The second kappa shape index (κ2) is 10.3. The maximum Gasteiger partial charge on any atom is 0.416 e. The number of nitrogens with zero attached hydrogens (tertiary/aromatic N) is 1. The summed E-state index contributed by atoms with van der Waals surface area (Å²) in [6.07, 6.45) is -10.2. The van der Waals surface area contributed by atoms with E-state index in [1.165, 1.54) is 18.2 Å². The maximum atomic E-state index is 13.1. The molecule has 0 aliphatic heterocycles. The zero-order valence-electron chi connectivity index (χ0n) is 19.1. The average molecular weight is 509 g/mol. The van der Waals surface area contributed by atoms with Gasteiger partial charge >= 0.3 is 12.4 Å². The van der Waals surface area contributed by atoms with Gasteiger partial charge < -0.3 is 15.5 Å². The third-order valence-corrected chi connectivity index (χ3v) is 5.13. The molecule has 0 unspecified atom stereocenters. The van der Waals surface area contributed by atoms with Gasteiger partial charge in [-0.15, -0.1) is 0 Å². The number of carbonyl (C=O) groups is 2. The molecular weight excluding hydrogens is 488 g/mol. The standard InChI is InChI=1S/C25H21F6N3O2/c1-34(2)21-9-8-19(13-20(21)23(36)32-14-15-6-4-3-5-7-15)33-22(35)16-10-17(24(26,27)28)12-18(11-16)25(29,30)31/h3-13H,14H2,1-2H3,(H,32,36)(H,33,35). The number of halogens is 6. The summed E-state index contributed by atoms with van der Waals surface area (Å²) in [6, 6.07) is 13.9. The Morgan fingerprint density at radius 3 is 1.89 bits per heavy atom. The van der Waals surface area contributed by atoms with E-state index in [2.05, 4.69) is 10.6 Å². The molecule has 36 heavy (non-hydrogen) atoms. The highest BCUT2D eigenvalue weighted by Crippen LogP contribution is 2.36. The third kappa shape index (κ3) is 6.55. The van der Waals surface area contributed by atoms with E-state index in [0.717, 1.165) is 5.56 Å². The van der Waals surface area contributed by atoms with Crippen molar-refractivity contribution >= 4 is 23.2 Å². The first-order valence-corrected chi connectivity index (χ1v) is 10.5. The van der Waals surface area contributed by atoms with Gasteiger partial charge in [0.2, 0.25) is 0 Å². The van der Waals surface area contributed by atoms with Gasteiger partial charge in [0.25, 0.3) is 11.8 Å². The molecule has 0 bridgehead atoms. The molecular formula is C25H21F6N3O2. The van der Waals surface area contributed by atoms with Crippen LogP contribution < -0.4 is 15.5 Å². The monoisotopic (exact) mass is 509 g/mol. The first kappa shape index (κ1) is 26.6. The molecule has 0 aromatic heterocycles.